The molecule has 0 saturated carbocycles. The molecule has 0 aliphatic rings. The maximum absolute atomic E-state index is 12.8. The molecule has 2 heterocycles. The van der Waals surface area contributed by atoms with Crippen molar-refractivity contribution in [2.45, 2.75) is 11.4 Å². The van der Waals surface area contributed by atoms with E-state index in [0.717, 1.165) is 25.3 Å². The molecular weight excluding hydrogens is 370 g/mol. The average molecular weight is 389 g/mol. The standard InChI is InChI=1S/C17H19N5O4S/c1-19-12-15(16(23)21(3)17(19)24)27(25,26)20(2)10-13-9-18-22(11-13)14-7-5-4-6-8-14/h4-9,11-12H,10H2,1-3H3. The summed E-state index contributed by atoms with van der Waals surface area (Å²) in [6.45, 7) is 0.0289. The van der Waals surface area contributed by atoms with Crippen LogP contribution >= 0.6 is 0 Å². The minimum Gasteiger partial charge on any atom is -0.302 e. The smallest absolute Gasteiger partial charge is 0.302 e. The van der Waals surface area contributed by atoms with Crippen LogP contribution < -0.4 is 11.2 Å². The molecule has 142 valence electrons. The first-order valence-electron chi connectivity index (χ1n) is 8.04. The number of aromatic nitrogens is 4. The Morgan fingerprint density at radius 2 is 1.74 bits per heavy atom. The Balaban J connectivity index is 1.91. The van der Waals surface area contributed by atoms with Gasteiger partial charge in [-0.05, 0) is 12.1 Å². The summed E-state index contributed by atoms with van der Waals surface area (Å²) >= 11 is 0. The predicted octanol–water partition coefficient (Wildman–Crippen LogP) is 0.0904. The fourth-order valence-corrected chi connectivity index (χ4v) is 3.93. The first-order chi connectivity index (χ1) is 12.7. The average Bonchev–Trinajstić information content (AvgIpc) is 3.12. The highest BCUT2D eigenvalue weighted by Gasteiger charge is 2.26. The van der Waals surface area contributed by atoms with Gasteiger partial charge in [0.05, 0.1) is 11.9 Å². The lowest BCUT2D eigenvalue weighted by Crippen LogP contribution is -2.41. The summed E-state index contributed by atoms with van der Waals surface area (Å²) in [5.41, 5.74) is 0.0587. The van der Waals surface area contributed by atoms with Gasteiger partial charge in [0.25, 0.3) is 5.56 Å². The minimum atomic E-state index is -4.08. The Bertz CT molecular complexity index is 1190. The summed E-state index contributed by atoms with van der Waals surface area (Å²) < 4.78 is 30.2. The predicted molar refractivity (Wildman–Crippen MR) is 99.1 cm³/mol. The van der Waals surface area contributed by atoms with Gasteiger partial charge in [0.1, 0.15) is 0 Å². The number of sulfonamides is 1. The lowest BCUT2D eigenvalue weighted by Gasteiger charge is -2.16. The lowest BCUT2D eigenvalue weighted by atomic mass is 10.3. The third-order valence-corrected chi connectivity index (χ3v) is 5.95. The first-order valence-corrected chi connectivity index (χ1v) is 9.48. The topological polar surface area (TPSA) is 99.2 Å². The molecular formula is C17H19N5O4S. The van der Waals surface area contributed by atoms with E-state index in [0.29, 0.717) is 5.56 Å². The molecule has 0 atom stereocenters. The summed E-state index contributed by atoms with van der Waals surface area (Å²) in [5.74, 6) is 0. The third-order valence-electron chi connectivity index (χ3n) is 4.17. The highest BCUT2D eigenvalue weighted by molar-refractivity contribution is 7.89. The number of nitrogens with zero attached hydrogens (tertiary/aromatic N) is 5. The van der Waals surface area contributed by atoms with Gasteiger partial charge in [-0.3, -0.25) is 9.36 Å². The summed E-state index contributed by atoms with van der Waals surface area (Å²) in [5, 5.41) is 4.24. The number of hydrogen-bond acceptors (Lipinski definition) is 5. The van der Waals surface area contributed by atoms with Gasteiger partial charge in [-0.2, -0.15) is 9.40 Å². The number of benzene rings is 1. The lowest BCUT2D eigenvalue weighted by molar-refractivity contribution is 0.462. The van der Waals surface area contributed by atoms with E-state index in [9.17, 15) is 18.0 Å². The Morgan fingerprint density at radius 1 is 1.07 bits per heavy atom. The molecule has 0 saturated heterocycles. The molecule has 0 radical (unpaired) electrons. The van der Waals surface area contributed by atoms with Crippen LogP contribution in [0.5, 0.6) is 0 Å². The molecule has 0 spiro atoms. The van der Waals surface area contributed by atoms with E-state index >= 15 is 0 Å². The molecule has 0 fully saturated rings. The molecule has 0 N–H and O–H groups in total. The zero-order valence-electron chi connectivity index (χ0n) is 15.1. The molecule has 0 aliphatic carbocycles. The van der Waals surface area contributed by atoms with E-state index < -0.39 is 26.2 Å². The molecule has 27 heavy (non-hydrogen) atoms. The van der Waals surface area contributed by atoms with Crippen LogP contribution in [-0.2, 0) is 30.7 Å². The van der Waals surface area contributed by atoms with Crippen LogP contribution in [0.2, 0.25) is 0 Å². The number of hydrogen-bond donors (Lipinski definition) is 0. The van der Waals surface area contributed by atoms with Gasteiger partial charge in [0.2, 0.25) is 10.0 Å². The molecule has 0 amide bonds. The Hall–Kier alpha value is -2.98. The van der Waals surface area contributed by atoms with Gasteiger partial charge in [0, 0.05) is 45.6 Å². The van der Waals surface area contributed by atoms with Crippen LogP contribution in [0.1, 0.15) is 5.56 Å². The normalized spacial score (nSPS) is 11.9. The monoisotopic (exact) mass is 389 g/mol. The summed E-state index contributed by atoms with van der Waals surface area (Å²) in [4.78, 5) is 23.6. The van der Waals surface area contributed by atoms with Crippen molar-refractivity contribution in [3.05, 3.63) is 75.3 Å². The van der Waals surface area contributed by atoms with Gasteiger partial charge < -0.3 is 4.57 Å². The van der Waals surface area contributed by atoms with Gasteiger partial charge in [0.15, 0.2) is 4.90 Å². The molecule has 0 aliphatic heterocycles. The fraction of sp³-hybridized carbons (Fsp3) is 0.235. The van der Waals surface area contributed by atoms with Crippen LogP contribution in [0.4, 0.5) is 0 Å². The van der Waals surface area contributed by atoms with Crippen molar-refractivity contribution in [1.29, 1.82) is 0 Å². The molecule has 0 bridgehead atoms. The number of para-hydroxylation sites is 1. The van der Waals surface area contributed by atoms with Crippen molar-refractivity contribution in [3.63, 3.8) is 0 Å². The minimum absolute atomic E-state index is 0.0289. The summed E-state index contributed by atoms with van der Waals surface area (Å²) in [7, 11) is -0.0698. The third kappa shape index (κ3) is 3.49. The van der Waals surface area contributed by atoms with E-state index in [1.165, 1.54) is 21.1 Å². The van der Waals surface area contributed by atoms with Gasteiger partial charge in [-0.25, -0.2) is 17.9 Å². The second-order valence-electron chi connectivity index (χ2n) is 6.14. The van der Waals surface area contributed by atoms with E-state index in [2.05, 4.69) is 5.10 Å². The fourth-order valence-electron chi connectivity index (χ4n) is 2.63. The van der Waals surface area contributed by atoms with Crippen molar-refractivity contribution in [2.24, 2.45) is 14.1 Å². The number of aryl methyl sites for hydroxylation is 1. The summed E-state index contributed by atoms with van der Waals surface area (Å²) in [6.07, 6.45) is 4.34. The van der Waals surface area contributed by atoms with E-state index in [4.69, 9.17) is 0 Å². The molecule has 1 aromatic carbocycles. The maximum Gasteiger partial charge on any atom is 0.330 e. The highest BCUT2D eigenvalue weighted by Crippen LogP contribution is 2.14. The van der Waals surface area contributed by atoms with E-state index in [-0.39, 0.29) is 6.54 Å². The van der Waals surface area contributed by atoms with Crippen molar-refractivity contribution in [2.75, 3.05) is 7.05 Å². The van der Waals surface area contributed by atoms with Crippen LogP contribution in [0.3, 0.4) is 0 Å². The van der Waals surface area contributed by atoms with Crippen LogP contribution in [-0.4, -0.2) is 38.7 Å². The van der Waals surface area contributed by atoms with Crippen molar-refractivity contribution in [1.82, 2.24) is 23.2 Å². The van der Waals surface area contributed by atoms with E-state index in [1.54, 1.807) is 17.1 Å². The Morgan fingerprint density at radius 3 is 2.41 bits per heavy atom. The zero-order valence-corrected chi connectivity index (χ0v) is 15.9. The summed E-state index contributed by atoms with van der Waals surface area (Å²) in [6, 6.07) is 9.41. The van der Waals surface area contributed by atoms with E-state index in [1.807, 2.05) is 30.3 Å². The number of rotatable bonds is 5. The van der Waals surface area contributed by atoms with Gasteiger partial charge in [-0.1, -0.05) is 18.2 Å². The molecule has 10 heteroatoms. The molecule has 3 aromatic rings. The highest BCUT2D eigenvalue weighted by atomic mass is 32.2. The zero-order chi connectivity index (χ0) is 19.8. The first kappa shape index (κ1) is 18.8. The van der Waals surface area contributed by atoms with Gasteiger partial charge in [-0.15, -0.1) is 0 Å². The van der Waals surface area contributed by atoms with Gasteiger partial charge >= 0.3 is 5.69 Å². The Labute approximate surface area is 155 Å². The molecule has 9 nitrogen and oxygen atoms in total. The molecule has 2 aromatic heterocycles. The van der Waals surface area contributed by atoms with Crippen molar-refractivity contribution in [3.8, 4) is 5.69 Å². The second kappa shape index (κ2) is 6.97. The quantitative estimate of drug-likeness (QED) is 0.616. The Kier molecular flexibility index (Phi) is 4.85. The van der Waals surface area contributed by atoms with Crippen LogP contribution in [0.25, 0.3) is 5.69 Å². The van der Waals surface area contributed by atoms with Crippen LogP contribution in [0, 0.1) is 0 Å². The van der Waals surface area contributed by atoms with Crippen molar-refractivity contribution >= 4 is 10.0 Å². The maximum atomic E-state index is 12.8. The second-order valence-corrected chi connectivity index (χ2v) is 8.15. The SMILES string of the molecule is CN(Cc1cnn(-c2ccccc2)c1)S(=O)(=O)c1cn(C)c(=O)n(C)c1=O. The van der Waals surface area contributed by atoms with Crippen LogP contribution in [0.15, 0.2) is 63.4 Å². The molecule has 0 unspecified atom stereocenters. The van der Waals surface area contributed by atoms with Crippen molar-refractivity contribution < 1.29 is 8.42 Å². The largest absolute Gasteiger partial charge is 0.330 e. The molecule has 3 rings (SSSR count).